The summed E-state index contributed by atoms with van der Waals surface area (Å²) < 4.78 is 5.10. The molecule has 3 nitrogen and oxygen atoms in total. The van der Waals surface area contributed by atoms with Crippen molar-refractivity contribution in [1.82, 2.24) is 4.98 Å². The summed E-state index contributed by atoms with van der Waals surface area (Å²) in [4.78, 5) is 15.8. The average molecular weight is 317 g/mol. The zero-order valence-electron chi connectivity index (χ0n) is 9.57. The standard InChI is InChI=1S/C13H8Cl3NO2/c14-9-3-1-2-8(6-9)13(18)19-7-11-10(15)4-5-12(16)17-11/h1-6H,7H2. The van der Waals surface area contributed by atoms with E-state index in [1.165, 1.54) is 6.07 Å². The summed E-state index contributed by atoms with van der Waals surface area (Å²) in [6.45, 7) is -0.0509. The van der Waals surface area contributed by atoms with Crippen LogP contribution in [0.1, 0.15) is 16.1 Å². The Morgan fingerprint density at radius 1 is 1.16 bits per heavy atom. The Morgan fingerprint density at radius 2 is 1.95 bits per heavy atom. The fourth-order valence-corrected chi connectivity index (χ4v) is 1.91. The molecule has 0 unspecified atom stereocenters. The van der Waals surface area contributed by atoms with E-state index in [9.17, 15) is 4.79 Å². The quantitative estimate of drug-likeness (QED) is 0.622. The first-order valence-electron chi connectivity index (χ1n) is 5.30. The molecule has 0 aliphatic carbocycles. The molecule has 6 heteroatoms. The zero-order chi connectivity index (χ0) is 13.8. The summed E-state index contributed by atoms with van der Waals surface area (Å²) >= 11 is 17.5. The van der Waals surface area contributed by atoms with Gasteiger partial charge in [-0.05, 0) is 30.3 Å². The molecule has 0 saturated carbocycles. The third-order valence-corrected chi connectivity index (χ3v) is 3.07. The minimum atomic E-state index is -0.500. The molecule has 0 saturated heterocycles. The molecule has 2 aromatic rings. The van der Waals surface area contributed by atoms with Crippen molar-refractivity contribution in [3.8, 4) is 0 Å². The van der Waals surface area contributed by atoms with Gasteiger partial charge in [-0.25, -0.2) is 9.78 Å². The van der Waals surface area contributed by atoms with Crippen molar-refractivity contribution in [3.63, 3.8) is 0 Å². The highest BCUT2D eigenvalue weighted by Gasteiger charge is 2.10. The predicted molar refractivity (Wildman–Crippen MR) is 74.8 cm³/mol. The molecule has 2 rings (SSSR count). The fraction of sp³-hybridized carbons (Fsp3) is 0.0769. The third kappa shape index (κ3) is 3.83. The Morgan fingerprint density at radius 3 is 2.68 bits per heavy atom. The van der Waals surface area contributed by atoms with E-state index in [4.69, 9.17) is 39.5 Å². The molecule has 0 fully saturated rings. The Bertz CT molecular complexity index is 617. The summed E-state index contributed by atoms with van der Waals surface area (Å²) in [5, 5.41) is 1.15. The van der Waals surface area contributed by atoms with Crippen LogP contribution in [0.2, 0.25) is 15.2 Å². The number of rotatable bonds is 3. The van der Waals surface area contributed by atoms with Gasteiger partial charge in [0.05, 0.1) is 16.3 Å². The molecule has 0 amide bonds. The topological polar surface area (TPSA) is 39.2 Å². The van der Waals surface area contributed by atoms with Crippen LogP contribution in [0.5, 0.6) is 0 Å². The van der Waals surface area contributed by atoms with Crippen molar-refractivity contribution in [3.05, 3.63) is 62.9 Å². The van der Waals surface area contributed by atoms with Gasteiger partial charge in [0.25, 0.3) is 0 Å². The number of halogens is 3. The Balaban J connectivity index is 2.06. The van der Waals surface area contributed by atoms with Gasteiger partial charge in [-0.2, -0.15) is 0 Å². The summed E-state index contributed by atoms with van der Waals surface area (Å²) in [7, 11) is 0. The van der Waals surface area contributed by atoms with Crippen molar-refractivity contribution in [2.24, 2.45) is 0 Å². The lowest BCUT2D eigenvalue weighted by molar-refractivity contribution is 0.0468. The molecule has 0 radical (unpaired) electrons. The minimum Gasteiger partial charge on any atom is -0.456 e. The van der Waals surface area contributed by atoms with Crippen LogP contribution in [0.3, 0.4) is 0 Å². The minimum absolute atomic E-state index is 0.0509. The molecular formula is C13H8Cl3NO2. The van der Waals surface area contributed by atoms with Gasteiger partial charge < -0.3 is 4.74 Å². The monoisotopic (exact) mass is 315 g/mol. The number of carbonyl (C=O) groups is 1. The van der Waals surface area contributed by atoms with E-state index >= 15 is 0 Å². The van der Waals surface area contributed by atoms with E-state index in [1.807, 2.05) is 0 Å². The molecule has 0 aliphatic rings. The van der Waals surface area contributed by atoms with E-state index in [0.717, 1.165) is 0 Å². The first kappa shape index (κ1) is 14.1. The lowest BCUT2D eigenvalue weighted by Crippen LogP contribution is -2.06. The summed E-state index contributed by atoms with van der Waals surface area (Å²) in [5.74, 6) is -0.500. The molecule has 0 atom stereocenters. The maximum Gasteiger partial charge on any atom is 0.338 e. The first-order chi connectivity index (χ1) is 9.06. The molecule has 19 heavy (non-hydrogen) atoms. The van der Waals surface area contributed by atoms with Gasteiger partial charge in [-0.1, -0.05) is 40.9 Å². The normalized spacial score (nSPS) is 10.3. The van der Waals surface area contributed by atoms with E-state index in [-0.39, 0.29) is 6.61 Å². The predicted octanol–water partition coefficient (Wildman–Crippen LogP) is 4.40. The fourth-order valence-electron chi connectivity index (χ4n) is 1.39. The van der Waals surface area contributed by atoms with E-state index in [1.54, 1.807) is 30.3 Å². The van der Waals surface area contributed by atoms with Gasteiger partial charge in [0.15, 0.2) is 0 Å². The number of benzene rings is 1. The van der Waals surface area contributed by atoms with Crippen LogP contribution in [0.15, 0.2) is 36.4 Å². The van der Waals surface area contributed by atoms with E-state index in [0.29, 0.717) is 26.5 Å². The van der Waals surface area contributed by atoms with Gasteiger partial charge in [0.1, 0.15) is 11.8 Å². The highest BCUT2D eigenvalue weighted by atomic mass is 35.5. The van der Waals surface area contributed by atoms with Crippen molar-refractivity contribution < 1.29 is 9.53 Å². The largest absolute Gasteiger partial charge is 0.456 e. The summed E-state index contributed by atoms with van der Waals surface area (Å²) in [6.07, 6.45) is 0. The van der Waals surface area contributed by atoms with Crippen LogP contribution in [-0.2, 0) is 11.3 Å². The van der Waals surface area contributed by atoms with Crippen LogP contribution in [-0.4, -0.2) is 11.0 Å². The molecule has 0 aliphatic heterocycles. The average Bonchev–Trinajstić information content (AvgIpc) is 2.39. The number of ether oxygens (including phenoxy) is 1. The SMILES string of the molecule is O=C(OCc1nc(Cl)ccc1Cl)c1cccc(Cl)c1. The van der Waals surface area contributed by atoms with Crippen LogP contribution < -0.4 is 0 Å². The van der Waals surface area contributed by atoms with Gasteiger partial charge in [0, 0.05) is 5.02 Å². The number of hydrogen-bond acceptors (Lipinski definition) is 3. The number of carbonyl (C=O) groups excluding carboxylic acids is 1. The molecule has 1 aromatic heterocycles. The molecule has 98 valence electrons. The molecule has 1 aromatic carbocycles. The molecular weight excluding hydrogens is 309 g/mol. The number of nitrogens with zero attached hydrogens (tertiary/aromatic N) is 1. The second kappa shape index (κ2) is 6.24. The lowest BCUT2D eigenvalue weighted by atomic mass is 10.2. The molecule has 0 N–H and O–H groups in total. The van der Waals surface area contributed by atoms with Crippen LogP contribution in [0, 0.1) is 0 Å². The maximum atomic E-state index is 11.8. The van der Waals surface area contributed by atoms with Crippen molar-refractivity contribution >= 4 is 40.8 Å². The number of hydrogen-bond donors (Lipinski definition) is 0. The number of aromatic nitrogens is 1. The van der Waals surface area contributed by atoms with Crippen molar-refractivity contribution in [2.75, 3.05) is 0 Å². The second-order valence-corrected chi connectivity index (χ2v) is 4.88. The van der Waals surface area contributed by atoms with Crippen LogP contribution >= 0.6 is 34.8 Å². The molecule has 1 heterocycles. The van der Waals surface area contributed by atoms with Crippen molar-refractivity contribution in [2.45, 2.75) is 6.61 Å². The first-order valence-corrected chi connectivity index (χ1v) is 6.43. The Labute approximate surface area is 125 Å². The Kier molecular flexibility index (Phi) is 4.64. The summed E-state index contributed by atoms with van der Waals surface area (Å²) in [5.41, 5.74) is 0.773. The zero-order valence-corrected chi connectivity index (χ0v) is 11.8. The van der Waals surface area contributed by atoms with Crippen LogP contribution in [0.4, 0.5) is 0 Å². The molecule has 0 bridgehead atoms. The number of esters is 1. The second-order valence-electron chi connectivity index (χ2n) is 3.65. The third-order valence-electron chi connectivity index (χ3n) is 2.28. The van der Waals surface area contributed by atoms with Crippen molar-refractivity contribution in [1.29, 1.82) is 0 Å². The van der Waals surface area contributed by atoms with Gasteiger partial charge in [-0.15, -0.1) is 0 Å². The lowest BCUT2D eigenvalue weighted by Gasteiger charge is -2.06. The highest BCUT2D eigenvalue weighted by molar-refractivity contribution is 6.32. The van der Waals surface area contributed by atoms with E-state index in [2.05, 4.69) is 4.98 Å². The van der Waals surface area contributed by atoms with Gasteiger partial charge in [-0.3, -0.25) is 0 Å². The van der Waals surface area contributed by atoms with Gasteiger partial charge in [0.2, 0.25) is 0 Å². The van der Waals surface area contributed by atoms with Crippen LogP contribution in [0.25, 0.3) is 0 Å². The smallest absolute Gasteiger partial charge is 0.338 e. The molecule has 0 spiro atoms. The summed E-state index contributed by atoms with van der Waals surface area (Å²) in [6, 6.07) is 9.64. The van der Waals surface area contributed by atoms with E-state index < -0.39 is 5.97 Å². The Hall–Kier alpha value is -1.29. The van der Waals surface area contributed by atoms with Gasteiger partial charge >= 0.3 is 5.97 Å². The maximum absolute atomic E-state index is 11.8. The number of pyridine rings is 1. The highest BCUT2D eigenvalue weighted by Crippen LogP contribution is 2.18.